The van der Waals surface area contributed by atoms with Crippen LogP contribution in [0, 0.1) is 29.8 Å². The van der Waals surface area contributed by atoms with Gasteiger partial charge in [-0.05, 0) is 31.5 Å². The summed E-state index contributed by atoms with van der Waals surface area (Å²) in [5.41, 5.74) is 1.49. The van der Waals surface area contributed by atoms with Crippen molar-refractivity contribution in [2.24, 2.45) is 0 Å². The molecular weight excluding hydrogens is 407 g/mol. The van der Waals surface area contributed by atoms with Crippen molar-refractivity contribution >= 4 is 23.3 Å². The highest BCUT2D eigenvalue weighted by Gasteiger charge is 2.22. The number of halogens is 1. The van der Waals surface area contributed by atoms with E-state index < -0.39 is 34.9 Å². The molecule has 0 unspecified atom stereocenters. The van der Waals surface area contributed by atoms with Crippen molar-refractivity contribution in [3.63, 3.8) is 0 Å². The average molecular weight is 426 g/mol. The number of aryl methyl sites for hydroxylation is 1. The molecule has 1 N–H and O–H groups in total. The molecule has 1 heterocycles. The van der Waals surface area contributed by atoms with Crippen LogP contribution in [0.3, 0.4) is 0 Å². The minimum atomic E-state index is -0.821. The number of anilines is 1. The Balaban J connectivity index is 1.66. The second kappa shape index (κ2) is 9.16. The smallest absolute Gasteiger partial charge is 0.342 e. The number of nitrogens with one attached hydrogen (secondary N) is 1. The van der Waals surface area contributed by atoms with Crippen LogP contribution in [0.5, 0.6) is 0 Å². The Morgan fingerprint density at radius 2 is 1.90 bits per heavy atom. The van der Waals surface area contributed by atoms with Crippen molar-refractivity contribution in [2.45, 2.75) is 20.4 Å². The van der Waals surface area contributed by atoms with Gasteiger partial charge >= 0.3 is 5.97 Å². The predicted octanol–water partition coefficient (Wildman–Crippen LogP) is 3.39. The van der Waals surface area contributed by atoms with Gasteiger partial charge in [-0.1, -0.05) is 30.3 Å². The number of ether oxygens (including phenoxy) is 1. The van der Waals surface area contributed by atoms with E-state index in [-0.39, 0.29) is 11.3 Å². The van der Waals surface area contributed by atoms with E-state index in [2.05, 4.69) is 10.4 Å². The SMILES string of the molecule is Cc1nn(Cc2ccccc2)c(C)c1C(=O)OCC(=O)Nc1ccc(F)cc1[N+](=O)[O-]. The van der Waals surface area contributed by atoms with Crippen molar-refractivity contribution in [1.29, 1.82) is 0 Å². The molecule has 0 saturated heterocycles. The highest BCUT2D eigenvalue weighted by atomic mass is 19.1. The molecule has 3 aromatic rings. The molecule has 2 aromatic carbocycles. The molecule has 160 valence electrons. The number of nitrogens with zero attached hydrogens (tertiary/aromatic N) is 3. The summed E-state index contributed by atoms with van der Waals surface area (Å²) in [7, 11) is 0. The summed E-state index contributed by atoms with van der Waals surface area (Å²) < 4.78 is 19.9. The summed E-state index contributed by atoms with van der Waals surface area (Å²) in [6.45, 7) is 3.18. The first-order valence-electron chi connectivity index (χ1n) is 9.25. The summed E-state index contributed by atoms with van der Waals surface area (Å²) >= 11 is 0. The van der Waals surface area contributed by atoms with Gasteiger partial charge in [-0.3, -0.25) is 19.6 Å². The number of aromatic nitrogens is 2. The topological polar surface area (TPSA) is 116 Å². The molecule has 0 bridgehead atoms. The van der Waals surface area contributed by atoms with E-state index >= 15 is 0 Å². The summed E-state index contributed by atoms with van der Waals surface area (Å²) in [4.78, 5) is 34.8. The Morgan fingerprint density at radius 3 is 2.58 bits per heavy atom. The Labute approximate surface area is 176 Å². The van der Waals surface area contributed by atoms with Crippen LogP contribution >= 0.6 is 0 Å². The molecule has 1 aromatic heterocycles. The van der Waals surface area contributed by atoms with Gasteiger partial charge in [-0.2, -0.15) is 5.10 Å². The number of carbonyl (C=O) groups is 2. The first-order chi connectivity index (χ1) is 14.8. The largest absolute Gasteiger partial charge is 0.452 e. The van der Waals surface area contributed by atoms with Crippen molar-refractivity contribution in [3.05, 3.63) is 87.0 Å². The maximum atomic E-state index is 13.2. The van der Waals surface area contributed by atoms with Gasteiger partial charge in [-0.25, -0.2) is 9.18 Å². The number of hydrogen-bond donors (Lipinski definition) is 1. The molecule has 31 heavy (non-hydrogen) atoms. The summed E-state index contributed by atoms with van der Waals surface area (Å²) in [6, 6.07) is 12.3. The number of benzene rings is 2. The van der Waals surface area contributed by atoms with Gasteiger partial charge in [0.1, 0.15) is 17.1 Å². The minimum absolute atomic E-state index is 0.199. The third kappa shape index (κ3) is 5.10. The number of nitro groups is 1. The van der Waals surface area contributed by atoms with Crippen molar-refractivity contribution in [3.8, 4) is 0 Å². The van der Waals surface area contributed by atoms with Crippen LogP contribution in [-0.4, -0.2) is 33.2 Å². The quantitative estimate of drug-likeness (QED) is 0.352. The fourth-order valence-corrected chi connectivity index (χ4v) is 3.05. The Bertz CT molecular complexity index is 1140. The van der Waals surface area contributed by atoms with Crippen LogP contribution < -0.4 is 5.32 Å². The normalized spacial score (nSPS) is 10.5. The maximum absolute atomic E-state index is 13.2. The monoisotopic (exact) mass is 426 g/mol. The van der Waals surface area contributed by atoms with Crippen LogP contribution in [0.2, 0.25) is 0 Å². The van der Waals surface area contributed by atoms with Crippen LogP contribution in [0.25, 0.3) is 0 Å². The zero-order valence-electron chi connectivity index (χ0n) is 16.8. The molecule has 9 nitrogen and oxygen atoms in total. The lowest BCUT2D eigenvalue weighted by Gasteiger charge is -2.08. The lowest BCUT2D eigenvalue weighted by molar-refractivity contribution is -0.384. The number of nitro benzene ring substituents is 1. The highest BCUT2D eigenvalue weighted by molar-refractivity contribution is 5.97. The number of hydrogen-bond acceptors (Lipinski definition) is 6. The maximum Gasteiger partial charge on any atom is 0.342 e. The van der Waals surface area contributed by atoms with Gasteiger partial charge in [-0.15, -0.1) is 0 Å². The third-order valence-corrected chi connectivity index (χ3v) is 4.53. The molecule has 0 aliphatic rings. The van der Waals surface area contributed by atoms with Gasteiger partial charge in [0, 0.05) is 0 Å². The molecule has 0 fully saturated rings. The van der Waals surface area contributed by atoms with Gasteiger partial charge < -0.3 is 10.1 Å². The summed E-state index contributed by atoms with van der Waals surface area (Å²) in [5, 5.41) is 17.6. The van der Waals surface area contributed by atoms with Crippen LogP contribution in [0.15, 0.2) is 48.5 Å². The number of rotatable bonds is 7. The summed E-state index contributed by atoms with van der Waals surface area (Å²) in [5.74, 6) is -2.34. The lowest BCUT2D eigenvalue weighted by atomic mass is 10.2. The molecule has 10 heteroatoms. The van der Waals surface area contributed by atoms with E-state index in [9.17, 15) is 24.1 Å². The molecule has 0 atom stereocenters. The first-order valence-corrected chi connectivity index (χ1v) is 9.25. The number of carbonyl (C=O) groups excluding carboxylic acids is 2. The number of amides is 1. The molecule has 3 rings (SSSR count). The third-order valence-electron chi connectivity index (χ3n) is 4.53. The molecule has 0 aliphatic carbocycles. The lowest BCUT2D eigenvalue weighted by Crippen LogP contribution is -2.22. The van der Waals surface area contributed by atoms with E-state index in [0.717, 1.165) is 17.7 Å². The van der Waals surface area contributed by atoms with Crippen LogP contribution in [0.1, 0.15) is 27.3 Å². The molecule has 1 amide bonds. The van der Waals surface area contributed by atoms with E-state index in [1.807, 2.05) is 30.3 Å². The van der Waals surface area contributed by atoms with Gasteiger partial charge in [0.15, 0.2) is 6.61 Å². The fourth-order valence-electron chi connectivity index (χ4n) is 3.05. The van der Waals surface area contributed by atoms with Crippen LogP contribution in [-0.2, 0) is 16.1 Å². The standard InChI is InChI=1S/C21H19FN4O5/c1-13-20(14(2)25(24-13)11-15-6-4-3-5-7-15)21(28)31-12-19(27)23-17-9-8-16(22)10-18(17)26(29)30/h3-10H,11-12H2,1-2H3,(H,23,27). The Hall–Kier alpha value is -4.08. The van der Waals surface area contributed by atoms with Gasteiger partial charge in [0.25, 0.3) is 11.6 Å². The number of esters is 1. The van der Waals surface area contributed by atoms with Gasteiger partial charge in [0.2, 0.25) is 0 Å². The minimum Gasteiger partial charge on any atom is -0.452 e. The van der Waals surface area contributed by atoms with Crippen molar-refractivity contribution < 1.29 is 23.6 Å². The van der Waals surface area contributed by atoms with E-state index in [1.165, 1.54) is 0 Å². The van der Waals surface area contributed by atoms with Crippen LogP contribution in [0.4, 0.5) is 15.8 Å². The molecule has 0 spiro atoms. The van der Waals surface area contributed by atoms with Crippen molar-refractivity contribution in [1.82, 2.24) is 9.78 Å². The Kier molecular flexibility index (Phi) is 6.39. The van der Waals surface area contributed by atoms with Gasteiger partial charge in [0.05, 0.1) is 28.9 Å². The zero-order chi connectivity index (χ0) is 22.5. The first kappa shape index (κ1) is 21.6. The average Bonchev–Trinajstić information content (AvgIpc) is 3.01. The fraction of sp³-hybridized carbons (Fsp3) is 0.190. The van der Waals surface area contributed by atoms with E-state index in [0.29, 0.717) is 24.0 Å². The highest BCUT2D eigenvalue weighted by Crippen LogP contribution is 2.25. The second-order valence-electron chi connectivity index (χ2n) is 6.73. The Morgan fingerprint density at radius 1 is 1.19 bits per heavy atom. The molecule has 0 saturated carbocycles. The van der Waals surface area contributed by atoms with E-state index in [4.69, 9.17) is 4.74 Å². The zero-order valence-corrected chi connectivity index (χ0v) is 16.8. The van der Waals surface area contributed by atoms with E-state index in [1.54, 1.807) is 18.5 Å². The van der Waals surface area contributed by atoms with Crippen molar-refractivity contribution in [2.75, 3.05) is 11.9 Å². The molecular formula is C21H19FN4O5. The summed E-state index contributed by atoms with van der Waals surface area (Å²) in [6.07, 6.45) is 0. The molecule has 0 aliphatic heterocycles. The molecule has 0 radical (unpaired) electrons. The predicted molar refractivity (Wildman–Crippen MR) is 109 cm³/mol. The second-order valence-corrected chi connectivity index (χ2v) is 6.73.